The molecule has 2 saturated heterocycles. The van der Waals surface area contributed by atoms with Crippen LogP contribution < -0.4 is 5.32 Å². The number of thiophene rings is 1. The minimum absolute atomic E-state index is 0.157. The van der Waals surface area contributed by atoms with Gasteiger partial charge < -0.3 is 15.1 Å². The van der Waals surface area contributed by atoms with Crippen molar-refractivity contribution in [3.8, 4) is 0 Å². The first-order valence-electron chi connectivity index (χ1n) is 9.75. The van der Waals surface area contributed by atoms with Gasteiger partial charge >= 0.3 is 0 Å². The third-order valence-corrected chi connectivity index (χ3v) is 8.28. The number of carbonyl (C=O) groups excluding carboxylic acids is 1. The number of piperazine rings is 1. The van der Waals surface area contributed by atoms with Crippen LogP contribution >= 0.6 is 11.3 Å². The topological polar surface area (TPSA) is 73.0 Å². The van der Waals surface area contributed by atoms with Crippen molar-refractivity contribution in [3.05, 3.63) is 16.3 Å². The summed E-state index contributed by atoms with van der Waals surface area (Å²) < 4.78 is 27.0. The maximum atomic E-state index is 12.7. The summed E-state index contributed by atoms with van der Waals surface area (Å²) in [7, 11) is -1.40. The van der Waals surface area contributed by atoms with Gasteiger partial charge in [0, 0.05) is 45.8 Å². The normalized spacial score (nSPS) is 20.2. The molecule has 0 unspecified atom stereocenters. The summed E-state index contributed by atoms with van der Waals surface area (Å²) in [6.07, 6.45) is 3.71. The van der Waals surface area contributed by atoms with Crippen LogP contribution in [0.1, 0.15) is 35.4 Å². The average molecular weight is 415 g/mol. The fourth-order valence-corrected chi connectivity index (χ4v) is 6.38. The van der Waals surface area contributed by atoms with E-state index in [1.54, 1.807) is 11.4 Å². The van der Waals surface area contributed by atoms with Crippen LogP contribution in [0.4, 0.5) is 0 Å². The number of unbranched alkanes of at least 4 members (excludes halogenated alkanes) is 1. The molecule has 0 saturated carbocycles. The monoisotopic (exact) mass is 414 g/mol. The summed E-state index contributed by atoms with van der Waals surface area (Å²) in [5.74, 6) is -0.276. The van der Waals surface area contributed by atoms with Crippen LogP contribution in [0.3, 0.4) is 0 Å². The highest BCUT2D eigenvalue weighted by Crippen LogP contribution is 2.27. The summed E-state index contributed by atoms with van der Waals surface area (Å²) in [4.78, 5) is 17.8. The van der Waals surface area contributed by atoms with E-state index >= 15 is 0 Å². The Balaban J connectivity index is 1.44. The number of amides is 1. The third-order valence-electron chi connectivity index (χ3n) is 5.30. The van der Waals surface area contributed by atoms with Crippen molar-refractivity contribution >= 4 is 27.3 Å². The lowest BCUT2D eigenvalue weighted by molar-refractivity contribution is 0.0953. The van der Waals surface area contributed by atoms with Crippen molar-refractivity contribution in [1.29, 1.82) is 0 Å². The molecule has 2 aliphatic heterocycles. The molecule has 0 aliphatic carbocycles. The Bertz CT molecular complexity index is 721. The van der Waals surface area contributed by atoms with E-state index in [4.69, 9.17) is 0 Å². The van der Waals surface area contributed by atoms with Crippen LogP contribution in [0.25, 0.3) is 0 Å². The number of nitrogens with zero attached hydrogens (tertiary/aromatic N) is 3. The molecule has 0 atom stereocenters. The quantitative estimate of drug-likeness (QED) is 0.649. The van der Waals surface area contributed by atoms with E-state index in [1.807, 2.05) is 0 Å². The molecule has 2 fully saturated rings. The number of likely N-dealkylation sites (N-methyl/N-ethyl adjacent to an activating group) is 1. The Morgan fingerprint density at radius 3 is 2.52 bits per heavy atom. The van der Waals surface area contributed by atoms with Gasteiger partial charge in [-0.15, -0.1) is 11.3 Å². The standard InChI is InChI=1S/C18H30N4O3S2/c1-20-11-13-21(14-12-20)8-3-2-7-19-18(23)17-16(6-15-26-17)27(24,25)22-9-4-5-10-22/h6,15H,2-5,7-14H2,1H3,(H,19,23). The van der Waals surface area contributed by atoms with E-state index in [1.165, 1.54) is 15.6 Å². The molecule has 0 aromatic carbocycles. The number of hydrogen-bond acceptors (Lipinski definition) is 6. The van der Waals surface area contributed by atoms with Crippen LogP contribution in [0.5, 0.6) is 0 Å². The highest BCUT2D eigenvalue weighted by Gasteiger charge is 2.31. The number of nitrogens with one attached hydrogen (secondary N) is 1. The molecule has 0 radical (unpaired) electrons. The molecule has 152 valence electrons. The van der Waals surface area contributed by atoms with E-state index < -0.39 is 10.0 Å². The van der Waals surface area contributed by atoms with Crippen LogP contribution in [0, 0.1) is 0 Å². The first-order valence-corrected chi connectivity index (χ1v) is 12.1. The van der Waals surface area contributed by atoms with Gasteiger partial charge in [0.05, 0.1) is 0 Å². The van der Waals surface area contributed by atoms with E-state index in [0.29, 0.717) is 24.5 Å². The van der Waals surface area contributed by atoms with Gasteiger partial charge in [0.2, 0.25) is 10.0 Å². The van der Waals surface area contributed by atoms with Gasteiger partial charge in [-0.1, -0.05) is 0 Å². The molecule has 1 aromatic rings. The number of hydrogen-bond donors (Lipinski definition) is 1. The predicted octanol–water partition coefficient (Wildman–Crippen LogP) is 1.29. The zero-order chi connectivity index (χ0) is 19.3. The minimum atomic E-state index is -3.55. The Labute approximate surface area is 166 Å². The summed E-state index contributed by atoms with van der Waals surface area (Å²) >= 11 is 1.20. The zero-order valence-corrected chi connectivity index (χ0v) is 17.7. The zero-order valence-electron chi connectivity index (χ0n) is 16.0. The van der Waals surface area contributed by atoms with Crippen molar-refractivity contribution in [2.24, 2.45) is 0 Å². The Morgan fingerprint density at radius 1 is 1.11 bits per heavy atom. The number of rotatable bonds is 8. The minimum Gasteiger partial charge on any atom is -0.351 e. The number of carbonyl (C=O) groups is 1. The summed E-state index contributed by atoms with van der Waals surface area (Å²) in [6, 6.07) is 1.56. The first kappa shape index (κ1) is 20.7. The van der Waals surface area contributed by atoms with Gasteiger partial charge in [-0.05, 0) is 50.7 Å². The number of sulfonamides is 1. The molecular formula is C18H30N4O3S2. The summed E-state index contributed by atoms with van der Waals surface area (Å²) in [6.45, 7) is 7.17. The first-order chi connectivity index (χ1) is 13.0. The molecule has 27 heavy (non-hydrogen) atoms. The molecule has 9 heteroatoms. The van der Waals surface area contributed by atoms with Crippen molar-refractivity contribution in [3.63, 3.8) is 0 Å². The summed E-state index contributed by atoms with van der Waals surface area (Å²) in [5, 5.41) is 4.58. The van der Waals surface area contributed by atoms with Crippen molar-refractivity contribution in [2.45, 2.75) is 30.6 Å². The van der Waals surface area contributed by atoms with E-state index in [0.717, 1.165) is 58.4 Å². The lowest BCUT2D eigenvalue weighted by Gasteiger charge is -2.32. The highest BCUT2D eigenvalue weighted by atomic mass is 32.2. The second-order valence-electron chi connectivity index (χ2n) is 7.33. The molecule has 0 spiro atoms. The molecule has 3 rings (SSSR count). The smallest absolute Gasteiger partial charge is 0.262 e. The van der Waals surface area contributed by atoms with Gasteiger partial charge in [-0.3, -0.25) is 4.79 Å². The second kappa shape index (κ2) is 9.47. The maximum absolute atomic E-state index is 12.7. The van der Waals surface area contributed by atoms with Gasteiger partial charge in [-0.25, -0.2) is 8.42 Å². The lowest BCUT2D eigenvalue weighted by Crippen LogP contribution is -2.44. The summed E-state index contributed by atoms with van der Waals surface area (Å²) in [5.41, 5.74) is 0. The molecule has 0 bridgehead atoms. The SMILES string of the molecule is CN1CCN(CCCCNC(=O)c2sccc2S(=O)(=O)N2CCCC2)CC1. The molecular weight excluding hydrogens is 384 g/mol. The van der Waals surface area contributed by atoms with E-state index in [9.17, 15) is 13.2 Å². The lowest BCUT2D eigenvalue weighted by atomic mass is 10.2. The fraction of sp³-hybridized carbons (Fsp3) is 0.722. The molecule has 1 aromatic heterocycles. The molecule has 1 amide bonds. The Kier molecular flexibility index (Phi) is 7.27. The van der Waals surface area contributed by atoms with Crippen molar-refractivity contribution in [1.82, 2.24) is 19.4 Å². The Morgan fingerprint density at radius 2 is 1.81 bits per heavy atom. The Hall–Kier alpha value is -1.00. The predicted molar refractivity (Wildman–Crippen MR) is 108 cm³/mol. The van der Waals surface area contributed by atoms with Gasteiger partial charge in [0.25, 0.3) is 5.91 Å². The fourth-order valence-electron chi connectivity index (χ4n) is 3.55. The van der Waals surface area contributed by atoms with E-state index in [-0.39, 0.29) is 10.8 Å². The third kappa shape index (κ3) is 5.29. The molecule has 7 nitrogen and oxygen atoms in total. The van der Waals surface area contributed by atoms with Gasteiger partial charge in [0.1, 0.15) is 9.77 Å². The van der Waals surface area contributed by atoms with Crippen LogP contribution in [0.15, 0.2) is 16.3 Å². The maximum Gasteiger partial charge on any atom is 0.262 e. The van der Waals surface area contributed by atoms with Crippen molar-refractivity contribution in [2.75, 3.05) is 59.4 Å². The van der Waals surface area contributed by atoms with E-state index in [2.05, 4.69) is 22.2 Å². The second-order valence-corrected chi connectivity index (χ2v) is 10.2. The molecule has 2 aliphatic rings. The highest BCUT2D eigenvalue weighted by molar-refractivity contribution is 7.89. The van der Waals surface area contributed by atoms with Crippen LogP contribution in [0.2, 0.25) is 0 Å². The van der Waals surface area contributed by atoms with Gasteiger partial charge in [-0.2, -0.15) is 4.31 Å². The van der Waals surface area contributed by atoms with Gasteiger partial charge in [0.15, 0.2) is 0 Å². The van der Waals surface area contributed by atoms with Crippen molar-refractivity contribution < 1.29 is 13.2 Å². The average Bonchev–Trinajstić information content (AvgIpc) is 3.35. The largest absolute Gasteiger partial charge is 0.351 e. The molecule has 3 heterocycles. The molecule has 1 N–H and O–H groups in total. The van der Waals surface area contributed by atoms with Crippen LogP contribution in [-0.4, -0.2) is 87.8 Å². The van der Waals surface area contributed by atoms with Crippen LogP contribution in [-0.2, 0) is 10.0 Å².